The average molecular weight is 1040 g/mol. The third-order valence-corrected chi connectivity index (χ3v) is 9.05. The summed E-state index contributed by atoms with van der Waals surface area (Å²) in [5.74, 6) is 0.938. The van der Waals surface area contributed by atoms with Crippen LogP contribution >= 0.6 is 7.37 Å². The smallest absolute Gasteiger partial charge is 0.277 e. The molecule has 1 unspecified atom stereocenters. The van der Waals surface area contributed by atoms with Gasteiger partial charge in [-0.05, 0) is 23.4 Å². The predicted molar refractivity (Wildman–Crippen MR) is 146 cm³/mol. The van der Waals surface area contributed by atoms with Gasteiger partial charge in [0.25, 0.3) is 7.37 Å². The fourth-order valence-corrected chi connectivity index (χ4v) is 7.35. The summed E-state index contributed by atoms with van der Waals surface area (Å²) in [7, 11) is -3.59. The Balaban J connectivity index is 0.00000294. The van der Waals surface area contributed by atoms with Gasteiger partial charge in [0.05, 0.1) is 5.30 Å². The average Bonchev–Trinajstić information content (AvgIpc) is 2.92. The molecule has 0 saturated heterocycles. The molecule has 0 amide bonds. The Labute approximate surface area is 404 Å². The van der Waals surface area contributed by atoms with Gasteiger partial charge in [-0.2, -0.15) is 24.3 Å². The zero-order chi connectivity index (χ0) is 25.4. The van der Waals surface area contributed by atoms with Crippen LogP contribution in [-0.2, 0) is 201 Å². The second kappa shape index (κ2) is 20.6. The van der Waals surface area contributed by atoms with Crippen LogP contribution in [0.2, 0.25) is 0 Å². The summed E-state index contributed by atoms with van der Waals surface area (Å²) in [6, 6.07) is 36.9. The molecule has 0 aromatic heterocycles. The molecule has 1 atom stereocenters. The number of phenols is 2. The molecule has 0 spiro atoms. The van der Waals surface area contributed by atoms with Crippen molar-refractivity contribution in [3.05, 3.63) is 156 Å². The molecule has 0 aliphatic carbocycles. The molecule has 1 aliphatic rings. The zero-order valence-corrected chi connectivity index (χ0v) is 41.2. The molecular weight excluding hydrogens is 1010 g/mol. The maximum Gasteiger partial charge on any atom is 0.277 e. The van der Waals surface area contributed by atoms with Gasteiger partial charge in [0.15, 0.2) is 0 Å². The SMILES string of the molecule is O=P1([C-](c2ccc(O)cc2)c2ccc([CH-]c3ccc(O)cc3)cc2)Oc2ccccc2-c2ccccc21.[Y].[Y].[Y].[Y].[Y].[Y]. The van der Waals surface area contributed by atoms with Crippen molar-refractivity contribution in [2.45, 2.75) is 0 Å². The van der Waals surface area contributed by atoms with E-state index in [2.05, 4.69) is 0 Å². The molecule has 0 fully saturated rings. The summed E-state index contributed by atoms with van der Waals surface area (Å²) in [5, 5.41) is 20.1. The standard InChI is InChI=1S/C32H23O4P.6Y/c33-26-17-11-23(12-18-26)21-22-9-13-24(14-10-22)32(25-15-19-27(34)20-16-25)37(35)31-8-4-2-6-29(31)28-5-1-3-7-30(28)36-37;;;;;;/h1-21,33-34H;;;;;;/q-2;;;;;;. The van der Waals surface area contributed by atoms with E-state index in [0.29, 0.717) is 22.3 Å². The first-order valence-corrected chi connectivity index (χ1v) is 13.5. The summed E-state index contributed by atoms with van der Waals surface area (Å²) in [5.41, 5.74) is 5.78. The van der Waals surface area contributed by atoms with E-state index in [1.165, 1.54) is 0 Å². The molecule has 0 saturated carbocycles. The van der Waals surface area contributed by atoms with Crippen LogP contribution < -0.4 is 9.83 Å². The van der Waals surface area contributed by atoms with Crippen molar-refractivity contribution in [2.24, 2.45) is 0 Å². The van der Waals surface area contributed by atoms with Gasteiger partial charge in [-0.15, -0.1) is 52.9 Å². The number of para-hydroxylation sites is 1. The van der Waals surface area contributed by atoms with Crippen LogP contribution in [0.3, 0.4) is 0 Å². The van der Waals surface area contributed by atoms with Gasteiger partial charge in [-0.3, -0.25) is 4.57 Å². The largest absolute Gasteiger partial charge is 0.509 e. The Kier molecular flexibility index (Phi) is 21.6. The Morgan fingerprint density at radius 1 is 0.535 bits per heavy atom. The summed E-state index contributed by atoms with van der Waals surface area (Å²) < 4.78 is 21.5. The molecule has 5 aromatic carbocycles. The van der Waals surface area contributed by atoms with Gasteiger partial charge < -0.3 is 14.7 Å². The van der Waals surface area contributed by atoms with Crippen molar-refractivity contribution in [3.63, 3.8) is 0 Å². The third kappa shape index (κ3) is 10.3. The minimum absolute atomic E-state index is 0. The Morgan fingerprint density at radius 3 is 1.51 bits per heavy atom. The normalized spacial score (nSPS) is 13.5. The summed E-state index contributed by atoms with van der Waals surface area (Å²) in [6.07, 6.45) is 2.01. The number of fused-ring (bicyclic) bond motifs is 3. The first kappa shape index (κ1) is 45.1. The van der Waals surface area contributed by atoms with Crippen LogP contribution in [0.25, 0.3) is 11.1 Å². The van der Waals surface area contributed by atoms with Crippen molar-refractivity contribution in [1.82, 2.24) is 0 Å². The van der Waals surface area contributed by atoms with Gasteiger partial charge in [0.1, 0.15) is 17.2 Å². The molecule has 6 radical (unpaired) electrons. The van der Waals surface area contributed by atoms with Crippen molar-refractivity contribution < 1.29 is 216 Å². The van der Waals surface area contributed by atoms with E-state index in [0.717, 1.165) is 27.8 Å². The second-order valence-corrected chi connectivity index (χ2v) is 11.1. The Morgan fingerprint density at radius 2 is 0.953 bits per heavy atom. The molecule has 2 N–H and O–H groups in total. The molecule has 1 heterocycles. The molecule has 5 aromatic rings. The Hall–Kier alpha value is 2.09. The Bertz CT molecular complexity index is 1630. The third-order valence-electron chi connectivity index (χ3n) is 6.47. The molecule has 0 bridgehead atoms. The number of rotatable bonds is 5. The summed E-state index contributed by atoms with van der Waals surface area (Å²) in [4.78, 5) is 0. The molecular formula is C32H23O4PY6-2. The van der Waals surface area contributed by atoms with Crippen LogP contribution in [0.1, 0.15) is 22.3 Å². The van der Waals surface area contributed by atoms with E-state index in [9.17, 15) is 10.2 Å². The summed E-state index contributed by atoms with van der Waals surface area (Å²) in [6.45, 7) is 0. The van der Waals surface area contributed by atoms with Crippen LogP contribution in [0, 0.1) is 12.1 Å². The van der Waals surface area contributed by atoms with E-state index < -0.39 is 7.37 Å². The topological polar surface area (TPSA) is 66.8 Å². The fourth-order valence-electron chi connectivity index (χ4n) is 4.71. The number of phenolic OH excluding ortho intramolecular Hbond substituents is 2. The minimum Gasteiger partial charge on any atom is -0.509 e. The summed E-state index contributed by atoms with van der Waals surface area (Å²) >= 11 is 0. The first-order valence-electron chi connectivity index (χ1n) is 11.9. The maximum absolute atomic E-state index is 15.1. The monoisotopic (exact) mass is 1040 g/mol. The number of aromatic hydroxyl groups is 2. The number of hydrogen-bond donors (Lipinski definition) is 2. The van der Waals surface area contributed by atoms with Crippen LogP contribution in [-0.4, -0.2) is 10.2 Å². The van der Waals surface area contributed by atoms with Crippen molar-refractivity contribution in [2.75, 3.05) is 0 Å². The van der Waals surface area contributed by atoms with E-state index in [1.54, 1.807) is 36.4 Å². The van der Waals surface area contributed by atoms with Crippen molar-refractivity contribution >= 4 is 12.7 Å². The number of hydrogen-bond acceptors (Lipinski definition) is 4. The molecule has 11 heteroatoms. The van der Waals surface area contributed by atoms with E-state index in [-0.39, 0.29) is 208 Å². The first-order chi connectivity index (χ1) is 18.0. The molecule has 6 rings (SSSR count). The van der Waals surface area contributed by atoms with Gasteiger partial charge in [0, 0.05) is 202 Å². The second-order valence-electron chi connectivity index (χ2n) is 8.91. The molecule has 1 aliphatic heterocycles. The van der Waals surface area contributed by atoms with Crippen LogP contribution in [0.4, 0.5) is 0 Å². The predicted octanol–water partition coefficient (Wildman–Crippen LogP) is 7.27. The van der Waals surface area contributed by atoms with E-state index in [4.69, 9.17) is 4.52 Å². The van der Waals surface area contributed by atoms with Crippen LogP contribution in [0.15, 0.2) is 121 Å². The fraction of sp³-hybridized carbons (Fsp3) is 0. The van der Waals surface area contributed by atoms with Crippen molar-refractivity contribution in [1.29, 1.82) is 0 Å². The minimum atomic E-state index is -3.59. The van der Waals surface area contributed by atoms with E-state index >= 15 is 4.57 Å². The molecule has 4 nitrogen and oxygen atoms in total. The van der Waals surface area contributed by atoms with Gasteiger partial charge in [-0.1, -0.05) is 60.7 Å². The maximum atomic E-state index is 15.1. The van der Waals surface area contributed by atoms with Gasteiger partial charge in [-0.25, -0.2) is 0 Å². The van der Waals surface area contributed by atoms with Crippen LogP contribution in [0.5, 0.6) is 17.2 Å². The molecule has 200 valence electrons. The quantitative estimate of drug-likeness (QED) is 0.144. The molecule has 43 heavy (non-hydrogen) atoms. The van der Waals surface area contributed by atoms with Crippen molar-refractivity contribution in [3.8, 4) is 28.4 Å². The van der Waals surface area contributed by atoms with Gasteiger partial charge in [0.2, 0.25) is 0 Å². The van der Waals surface area contributed by atoms with E-state index in [1.807, 2.05) is 91.3 Å². The van der Waals surface area contributed by atoms with Gasteiger partial charge >= 0.3 is 0 Å². The zero-order valence-electron chi connectivity index (χ0n) is 23.2. The number of benzene rings is 5.